The van der Waals surface area contributed by atoms with Crippen molar-refractivity contribution in [3.05, 3.63) is 83.2 Å². The fraction of sp³-hybridized carbons (Fsp3) is 0.250. The molecule has 0 aromatic heterocycles. The zero-order valence-corrected chi connectivity index (χ0v) is 14.7. The minimum atomic E-state index is -0.317. The van der Waals surface area contributed by atoms with E-state index in [4.69, 9.17) is 11.0 Å². The topological polar surface area (TPSA) is 0 Å². The zero-order chi connectivity index (χ0) is 24.3. The molecule has 0 heterocycles. The van der Waals surface area contributed by atoms with E-state index in [1.165, 1.54) is 0 Å². The summed E-state index contributed by atoms with van der Waals surface area (Å²) in [5, 5.41) is 0. The highest BCUT2D eigenvalue weighted by Crippen LogP contribution is 2.34. The fourth-order valence-corrected chi connectivity index (χ4v) is 2.59. The average molecular weight is 323 g/mol. The van der Waals surface area contributed by atoms with E-state index in [2.05, 4.69) is 0 Å². The Morgan fingerprint density at radius 2 is 1.46 bits per heavy atom. The summed E-state index contributed by atoms with van der Waals surface area (Å²) in [6, 6.07) is 4.05. The molecule has 0 aliphatic heterocycles. The van der Waals surface area contributed by atoms with Gasteiger partial charge in [-0.15, -0.1) is 0 Å². The van der Waals surface area contributed by atoms with Gasteiger partial charge in [0, 0.05) is 0 Å². The second-order valence-electron chi connectivity index (χ2n) is 7.05. The molecule has 0 aliphatic carbocycles. The van der Waals surface area contributed by atoms with Crippen LogP contribution in [-0.2, 0) is 5.41 Å². The summed E-state index contributed by atoms with van der Waals surface area (Å²) in [5.41, 5.74) is 3.00. The molecule has 0 bridgehead atoms. The van der Waals surface area contributed by atoms with Crippen LogP contribution in [0.3, 0.4) is 0 Å². The zero-order valence-electron chi connectivity index (χ0n) is 22.7. The van der Waals surface area contributed by atoms with Crippen molar-refractivity contribution in [1.82, 2.24) is 0 Å². The Morgan fingerprint density at radius 3 is 2.21 bits per heavy atom. The van der Waals surface area contributed by atoms with Crippen molar-refractivity contribution in [2.45, 2.75) is 40.0 Å². The maximum Gasteiger partial charge on any atom is 0.0632 e. The Kier molecular flexibility index (Phi) is 2.41. The summed E-state index contributed by atoms with van der Waals surface area (Å²) in [6.07, 6.45) is 0. The van der Waals surface area contributed by atoms with Crippen molar-refractivity contribution < 1.29 is 11.0 Å². The molecule has 3 rings (SSSR count). The van der Waals surface area contributed by atoms with Crippen LogP contribution < -0.4 is 0 Å². The molecule has 0 saturated carbocycles. The molecule has 0 unspecified atom stereocenters. The molecule has 24 heavy (non-hydrogen) atoms. The summed E-state index contributed by atoms with van der Waals surface area (Å²) in [5.74, 6) is 0. The van der Waals surface area contributed by atoms with Gasteiger partial charge in [0.05, 0.1) is 11.0 Å². The van der Waals surface area contributed by atoms with Crippen LogP contribution in [0.25, 0.3) is 22.3 Å². The standard InChI is InChI=1S/C24H26/c1-17-9-8-11-19(13-17)20-14-21(16-22(15-20)24(3,4)5)23-12-7-6-10-18(23)2/h6-16H,1-5H3/i6D,7D,8D,9D,10D,11D,12D,13D. The van der Waals surface area contributed by atoms with E-state index >= 15 is 0 Å². The number of hydrogen-bond acceptors (Lipinski definition) is 0. The Morgan fingerprint density at radius 1 is 0.750 bits per heavy atom. The predicted molar refractivity (Wildman–Crippen MR) is 105 cm³/mol. The predicted octanol–water partition coefficient (Wildman–Crippen LogP) is 6.93. The number of hydrogen-bond donors (Lipinski definition) is 0. The molecule has 0 N–H and O–H groups in total. The van der Waals surface area contributed by atoms with Crippen molar-refractivity contribution in [3.8, 4) is 22.3 Å². The lowest BCUT2D eigenvalue weighted by Crippen LogP contribution is -2.11. The van der Waals surface area contributed by atoms with Gasteiger partial charge in [0.25, 0.3) is 0 Å². The summed E-state index contributed by atoms with van der Waals surface area (Å²) in [6.45, 7) is 9.29. The minimum absolute atomic E-state index is 0.0136. The molecule has 0 radical (unpaired) electrons. The third-order valence-corrected chi connectivity index (χ3v) is 4.00. The molecule has 0 atom stereocenters. The first-order valence-corrected chi connectivity index (χ1v) is 7.98. The molecule has 0 fully saturated rings. The SMILES string of the molecule is [2H]c1c([2H])c([2H])c(-c2cc(-c3c([2H])c([2H])c([2H])c(C)c3[2H])cc(C(C)(C)C)c2)c(C)c1[2H]. The summed E-state index contributed by atoms with van der Waals surface area (Å²) < 4.78 is 65.9. The van der Waals surface area contributed by atoms with E-state index in [-0.39, 0.29) is 59.3 Å². The molecular weight excluding hydrogens is 288 g/mol. The lowest BCUT2D eigenvalue weighted by atomic mass is 9.83. The van der Waals surface area contributed by atoms with Crippen LogP contribution in [0.1, 0.15) is 48.4 Å². The van der Waals surface area contributed by atoms with Gasteiger partial charge in [-0.05, 0) is 58.7 Å². The van der Waals surface area contributed by atoms with E-state index in [9.17, 15) is 0 Å². The van der Waals surface area contributed by atoms with Gasteiger partial charge in [0.15, 0.2) is 0 Å². The Hall–Kier alpha value is -2.34. The molecule has 0 nitrogen and oxygen atoms in total. The summed E-state index contributed by atoms with van der Waals surface area (Å²) >= 11 is 0. The third kappa shape index (κ3) is 3.43. The molecule has 0 saturated heterocycles. The van der Waals surface area contributed by atoms with E-state index in [0.717, 1.165) is 5.56 Å². The quantitative estimate of drug-likeness (QED) is 0.479. The molecule has 3 aromatic carbocycles. The molecule has 3 aromatic rings. The fourth-order valence-electron chi connectivity index (χ4n) is 2.59. The Balaban J connectivity index is 2.47. The van der Waals surface area contributed by atoms with Crippen LogP contribution in [0, 0.1) is 13.8 Å². The lowest BCUT2D eigenvalue weighted by Gasteiger charge is -2.22. The first-order valence-electron chi connectivity index (χ1n) is 12.0. The molecule has 0 amide bonds. The average Bonchev–Trinajstić information content (AvgIpc) is 2.73. The van der Waals surface area contributed by atoms with Crippen molar-refractivity contribution in [3.63, 3.8) is 0 Å². The van der Waals surface area contributed by atoms with E-state index in [1.54, 1.807) is 19.9 Å². The Labute approximate surface area is 157 Å². The van der Waals surface area contributed by atoms with Gasteiger partial charge in [-0.3, -0.25) is 0 Å². The van der Waals surface area contributed by atoms with Gasteiger partial charge in [-0.1, -0.05) is 86.8 Å². The van der Waals surface area contributed by atoms with E-state index in [1.807, 2.05) is 32.9 Å². The van der Waals surface area contributed by atoms with Gasteiger partial charge in [0.2, 0.25) is 0 Å². The smallest absolute Gasteiger partial charge is 0.0620 e. The van der Waals surface area contributed by atoms with Gasteiger partial charge < -0.3 is 0 Å². The van der Waals surface area contributed by atoms with Crippen LogP contribution >= 0.6 is 0 Å². The van der Waals surface area contributed by atoms with Crippen LogP contribution in [0.2, 0.25) is 0 Å². The van der Waals surface area contributed by atoms with Crippen molar-refractivity contribution >= 4 is 0 Å². The summed E-state index contributed by atoms with van der Waals surface area (Å²) in [4.78, 5) is 0. The third-order valence-electron chi connectivity index (χ3n) is 4.00. The van der Waals surface area contributed by atoms with Gasteiger partial charge in [-0.25, -0.2) is 0 Å². The molecule has 0 spiro atoms. The highest BCUT2D eigenvalue weighted by Gasteiger charge is 2.17. The highest BCUT2D eigenvalue weighted by atomic mass is 14.2. The highest BCUT2D eigenvalue weighted by molar-refractivity contribution is 5.76. The first kappa shape index (κ1) is 9.22. The normalized spacial score (nSPS) is 16.2. The maximum atomic E-state index is 8.55. The largest absolute Gasteiger partial charge is 0.0632 e. The summed E-state index contributed by atoms with van der Waals surface area (Å²) in [7, 11) is 0. The number of benzene rings is 3. The van der Waals surface area contributed by atoms with Gasteiger partial charge >= 0.3 is 0 Å². The lowest BCUT2D eigenvalue weighted by molar-refractivity contribution is 0.590. The van der Waals surface area contributed by atoms with Crippen LogP contribution in [-0.4, -0.2) is 0 Å². The maximum absolute atomic E-state index is 8.55. The van der Waals surface area contributed by atoms with Crippen molar-refractivity contribution in [2.24, 2.45) is 0 Å². The minimum Gasteiger partial charge on any atom is -0.0620 e. The van der Waals surface area contributed by atoms with E-state index < -0.39 is 0 Å². The van der Waals surface area contributed by atoms with Gasteiger partial charge in [-0.2, -0.15) is 0 Å². The van der Waals surface area contributed by atoms with Crippen molar-refractivity contribution in [2.75, 3.05) is 0 Å². The first-order chi connectivity index (χ1) is 14.7. The molecule has 0 heteroatoms. The monoisotopic (exact) mass is 322 g/mol. The van der Waals surface area contributed by atoms with Crippen LogP contribution in [0.5, 0.6) is 0 Å². The van der Waals surface area contributed by atoms with Crippen LogP contribution in [0.4, 0.5) is 0 Å². The van der Waals surface area contributed by atoms with Crippen LogP contribution in [0.15, 0.2) is 66.5 Å². The second kappa shape index (κ2) is 6.28. The molecule has 122 valence electrons. The Bertz CT molecular complexity index is 1110. The number of rotatable bonds is 2. The molecule has 0 aliphatic rings. The molecular formula is C24H26. The van der Waals surface area contributed by atoms with Gasteiger partial charge in [0.1, 0.15) is 0 Å². The van der Waals surface area contributed by atoms with E-state index in [0.29, 0.717) is 27.8 Å². The second-order valence-corrected chi connectivity index (χ2v) is 7.05. The van der Waals surface area contributed by atoms with Crippen molar-refractivity contribution in [1.29, 1.82) is 0 Å².